The first-order valence-corrected chi connectivity index (χ1v) is 5.24. The van der Waals surface area contributed by atoms with Crippen molar-refractivity contribution in [3.63, 3.8) is 0 Å². The van der Waals surface area contributed by atoms with Crippen LogP contribution in [0.25, 0.3) is 0 Å². The highest BCUT2D eigenvalue weighted by Crippen LogP contribution is 2.17. The van der Waals surface area contributed by atoms with E-state index >= 15 is 0 Å². The lowest BCUT2D eigenvalue weighted by Crippen LogP contribution is -2.32. The Hall–Kier alpha value is -1.55. The lowest BCUT2D eigenvalue weighted by atomic mass is 10.1. The molecule has 4 nitrogen and oxygen atoms in total. The molecule has 0 saturated carbocycles. The molecule has 88 valence electrons. The number of likely N-dealkylation sites (N-methyl/N-ethyl adjacent to an activating group) is 2. The highest BCUT2D eigenvalue weighted by atomic mass is 16.3. The van der Waals surface area contributed by atoms with Gasteiger partial charge in [0.15, 0.2) is 0 Å². The van der Waals surface area contributed by atoms with Crippen LogP contribution in [0.4, 0.5) is 5.69 Å². The van der Waals surface area contributed by atoms with Crippen LogP contribution in [0.15, 0.2) is 24.3 Å². The zero-order chi connectivity index (χ0) is 12.1. The minimum absolute atomic E-state index is 0.0258. The van der Waals surface area contributed by atoms with E-state index < -0.39 is 6.10 Å². The molecule has 0 radical (unpaired) electrons. The first kappa shape index (κ1) is 12.5. The molecule has 0 aliphatic carbocycles. The van der Waals surface area contributed by atoms with Gasteiger partial charge in [-0.3, -0.25) is 4.79 Å². The third-order valence-electron chi connectivity index (χ3n) is 2.48. The third kappa shape index (κ3) is 3.24. The van der Waals surface area contributed by atoms with E-state index in [2.05, 4.69) is 5.32 Å². The average Bonchev–Trinajstić information content (AvgIpc) is 2.28. The molecule has 1 aromatic carbocycles. The summed E-state index contributed by atoms with van der Waals surface area (Å²) >= 11 is 0. The molecule has 4 heteroatoms. The maximum atomic E-state index is 11.2. The summed E-state index contributed by atoms with van der Waals surface area (Å²) < 4.78 is 0. The lowest BCUT2D eigenvalue weighted by Gasteiger charge is -2.18. The average molecular weight is 222 g/mol. The van der Waals surface area contributed by atoms with E-state index in [1.54, 1.807) is 14.0 Å². The van der Waals surface area contributed by atoms with Crippen molar-refractivity contribution in [1.82, 2.24) is 5.32 Å². The summed E-state index contributed by atoms with van der Waals surface area (Å²) in [6, 6.07) is 7.51. The topological polar surface area (TPSA) is 52.6 Å². The van der Waals surface area contributed by atoms with Gasteiger partial charge in [0, 0.05) is 19.8 Å². The van der Waals surface area contributed by atoms with E-state index in [0.717, 1.165) is 11.3 Å². The molecule has 0 aliphatic heterocycles. The predicted molar refractivity (Wildman–Crippen MR) is 64.4 cm³/mol. The molecule has 16 heavy (non-hydrogen) atoms. The van der Waals surface area contributed by atoms with Gasteiger partial charge in [0.2, 0.25) is 5.91 Å². The Morgan fingerprint density at radius 3 is 2.44 bits per heavy atom. The summed E-state index contributed by atoms with van der Waals surface area (Å²) in [6.07, 6.45) is -0.460. The van der Waals surface area contributed by atoms with Gasteiger partial charge < -0.3 is 15.3 Å². The van der Waals surface area contributed by atoms with Gasteiger partial charge in [-0.2, -0.15) is 0 Å². The van der Waals surface area contributed by atoms with Gasteiger partial charge in [0.25, 0.3) is 0 Å². The molecule has 0 aliphatic rings. The maximum absolute atomic E-state index is 11.2. The van der Waals surface area contributed by atoms with Crippen LogP contribution in [0.3, 0.4) is 0 Å². The van der Waals surface area contributed by atoms with Gasteiger partial charge in [-0.25, -0.2) is 0 Å². The maximum Gasteiger partial charge on any atom is 0.239 e. The first-order chi connectivity index (χ1) is 7.54. The van der Waals surface area contributed by atoms with Crippen LogP contribution >= 0.6 is 0 Å². The number of benzene rings is 1. The molecule has 0 fully saturated rings. The first-order valence-electron chi connectivity index (χ1n) is 5.24. The standard InChI is InChI=1S/C12H18N2O2/c1-9(15)10-4-6-11(7-5-10)14(3)8-12(16)13-2/h4-7,9,15H,8H2,1-3H3,(H,13,16)/t9-/m0/s1. The number of nitrogens with zero attached hydrogens (tertiary/aromatic N) is 1. The van der Waals surface area contributed by atoms with Crippen molar-refractivity contribution < 1.29 is 9.90 Å². The van der Waals surface area contributed by atoms with Crippen LogP contribution in [0, 0.1) is 0 Å². The van der Waals surface area contributed by atoms with E-state index in [-0.39, 0.29) is 5.91 Å². The second-order valence-electron chi connectivity index (χ2n) is 3.80. The molecule has 1 aromatic rings. The van der Waals surface area contributed by atoms with Crippen molar-refractivity contribution in [1.29, 1.82) is 0 Å². The molecule has 0 heterocycles. The smallest absolute Gasteiger partial charge is 0.239 e. The number of carbonyl (C=O) groups excluding carboxylic acids is 1. The molecular formula is C12H18N2O2. The van der Waals surface area contributed by atoms with E-state index in [1.165, 1.54) is 0 Å². The summed E-state index contributed by atoms with van der Waals surface area (Å²) in [5.74, 6) is -0.0258. The van der Waals surface area contributed by atoms with Crippen LogP contribution in [0.5, 0.6) is 0 Å². The van der Waals surface area contributed by atoms with E-state index in [4.69, 9.17) is 0 Å². The van der Waals surface area contributed by atoms with Crippen molar-refractivity contribution in [3.8, 4) is 0 Å². The SMILES string of the molecule is CNC(=O)CN(C)c1ccc([C@H](C)O)cc1. The molecule has 0 unspecified atom stereocenters. The number of aliphatic hydroxyl groups excluding tert-OH is 1. The van der Waals surface area contributed by atoms with Gasteiger partial charge in [-0.05, 0) is 24.6 Å². The Morgan fingerprint density at radius 1 is 1.44 bits per heavy atom. The highest BCUT2D eigenvalue weighted by molar-refractivity contribution is 5.80. The minimum Gasteiger partial charge on any atom is -0.389 e. The van der Waals surface area contributed by atoms with Gasteiger partial charge >= 0.3 is 0 Å². The zero-order valence-electron chi connectivity index (χ0n) is 9.90. The molecule has 2 N–H and O–H groups in total. The molecule has 0 spiro atoms. The van der Waals surface area contributed by atoms with E-state index in [0.29, 0.717) is 6.54 Å². The minimum atomic E-state index is -0.460. The van der Waals surface area contributed by atoms with Crippen LogP contribution in [0.2, 0.25) is 0 Å². The van der Waals surface area contributed by atoms with Crippen molar-refractivity contribution in [2.75, 3.05) is 25.5 Å². The fourth-order valence-electron chi connectivity index (χ4n) is 1.39. The normalized spacial score (nSPS) is 12.0. The van der Waals surface area contributed by atoms with Gasteiger partial charge in [0.05, 0.1) is 12.6 Å². The monoisotopic (exact) mass is 222 g/mol. The Kier molecular flexibility index (Phi) is 4.31. The predicted octanol–water partition coefficient (Wildman–Crippen LogP) is 0.922. The second-order valence-corrected chi connectivity index (χ2v) is 3.80. The Balaban J connectivity index is 2.70. The van der Waals surface area contributed by atoms with Gasteiger partial charge in [-0.1, -0.05) is 12.1 Å². The second kappa shape index (κ2) is 5.51. The quantitative estimate of drug-likeness (QED) is 0.796. The Labute approximate surface area is 95.9 Å². The molecule has 0 saturated heterocycles. The number of nitrogens with one attached hydrogen (secondary N) is 1. The summed E-state index contributed by atoms with van der Waals surface area (Å²) in [6.45, 7) is 2.05. The van der Waals surface area contributed by atoms with E-state index in [1.807, 2.05) is 36.2 Å². The molecule has 0 bridgehead atoms. The van der Waals surface area contributed by atoms with Gasteiger partial charge in [0.1, 0.15) is 0 Å². The largest absolute Gasteiger partial charge is 0.389 e. The molecule has 1 rings (SSSR count). The highest BCUT2D eigenvalue weighted by Gasteiger charge is 2.06. The van der Waals surface area contributed by atoms with Crippen LogP contribution < -0.4 is 10.2 Å². The van der Waals surface area contributed by atoms with E-state index in [9.17, 15) is 9.90 Å². The fraction of sp³-hybridized carbons (Fsp3) is 0.417. The van der Waals surface area contributed by atoms with Gasteiger partial charge in [-0.15, -0.1) is 0 Å². The summed E-state index contributed by atoms with van der Waals surface area (Å²) in [5.41, 5.74) is 1.82. The Bertz CT molecular complexity index is 347. The zero-order valence-corrected chi connectivity index (χ0v) is 9.90. The molecule has 1 amide bonds. The number of hydrogen-bond donors (Lipinski definition) is 2. The molecule has 1 atom stereocenters. The number of carbonyl (C=O) groups is 1. The molecule has 0 aromatic heterocycles. The van der Waals surface area contributed by atoms with Crippen LogP contribution in [-0.2, 0) is 4.79 Å². The summed E-state index contributed by atoms with van der Waals surface area (Å²) in [5, 5.41) is 11.9. The lowest BCUT2D eigenvalue weighted by molar-refractivity contribution is -0.119. The number of hydrogen-bond acceptors (Lipinski definition) is 3. The third-order valence-corrected chi connectivity index (χ3v) is 2.48. The van der Waals surface area contributed by atoms with Crippen molar-refractivity contribution in [2.45, 2.75) is 13.0 Å². The number of amides is 1. The van der Waals surface area contributed by atoms with Crippen molar-refractivity contribution in [2.24, 2.45) is 0 Å². The fourth-order valence-corrected chi connectivity index (χ4v) is 1.39. The molecular weight excluding hydrogens is 204 g/mol. The van der Waals surface area contributed by atoms with Crippen molar-refractivity contribution >= 4 is 11.6 Å². The van der Waals surface area contributed by atoms with Crippen molar-refractivity contribution in [3.05, 3.63) is 29.8 Å². The number of anilines is 1. The summed E-state index contributed by atoms with van der Waals surface area (Å²) in [4.78, 5) is 13.0. The van der Waals surface area contributed by atoms with Crippen LogP contribution in [0.1, 0.15) is 18.6 Å². The number of rotatable bonds is 4. The summed E-state index contributed by atoms with van der Waals surface area (Å²) in [7, 11) is 3.47. The number of aliphatic hydroxyl groups is 1. The Morgan fingerprint density at radius 2 is 2.00 bits per heavy atom. The van der Waals surface area contributed by atoms with Crippen LogP contribution in [-0.4, -0.2) is 31.7 Å².